The van der Waals surface area contributed by atoms with Crippen LogP contribution in [0.25, 0.3) is 0 Å². The third kappa shape index (κ3) is 3.93. The maximum Gasteiger partial charge on any atom is 0.363 e. The molecule has 5 heteroatoms. The molecule has 23 heavy (non-hydrogen) atoms. The second kappa shape index (κ2) is 7.03. The van der Waals surface area contributed by atoms with Gasteiger partial charge in [0.25, 0.3) is 0 Å². The summed E-state index contributed by atoms with van der Waals surface area (Å²) in [5.74, 6) is -0.0800. The highest BCUT2D eigenvalue weighted by atomic mass is 35.5. The summed E-state index contributed by atoms with van der Waals surface area (Å²) in [4.78, 5) is 20.0. The summed E-state index contributed by atoms with van der Waals surface area (Å²) < 4.78 is 5.46. The highest BCUT2D eigenvalue weighted by Gasteiger charge is 2.13. The lowest BCUT2D eigenvalue weighted by atomic mass is 10.0. The Labute approximate surface area is 138 Å². The highest BCUT2D eigenvalue weighted by molar-refractivity contribution is 6.30. The summed E-state index contributed by atoms with van der Waals surface area (Å²) in [5.41, 5.74) is 2.10. The molecule has 1 heterocycles. The Morgan fingerprint density at radius 1 is 1.09 bits per heavy atom. The number of esters is 1. The van der Waals surface area contributed by atoms with Gasteiger partial charge in [-0.2, -0.15) is 0 Å². The minimum atomic E-state index is -0.547. The molecular formula is C18H13ClN2O2. The lowest BCUT2D eigenvalue weighted by Gasteiger charge is -2.10. The monoisotopic (exact) mass is 324 g/mol. The van der Waals surface area contributed by atoms with Gasteiger partial charge in [-0.05, 0) is 23.8 Å². The average Bonchev–Trinajstić information content (AvgIpc) is 2.59. The van der Waals surface area contributed by atoms with Crippen LogP contribution >= 0.6 is 11.6 Å². The molecule has 0 aliphatic rings. The van der Waals surface area contributed by atoms with Crippen LogP contribution in [0.15, 0.2) is 67.1 Å². The van der Waals surface area contributed by atoms with Crippen LogP contribution in [0.3, 0.4) is 0 Å². The smallest absolute Gasteiger partial charge is 0.363 e. The first-order valence-electron chi connectivity index (χ1n) is 7.03. The van der Waals surface area contributed by atoms with Crippen LogP contribution in [0, 0.1) is 0 Å². The van der Waals surface area contributed by atoms with E-state index in [4.69, 9.17) is 16.3 Å². The van der Waals surface area contributed by atoms with Gasteiger partial charge in [-0.25, -0.2) is 9.78 Å². The molecule has 0 fully saturated rings. The third-order valence-electron chi connectivity index (χ3n) is 3.23. The van der Waals surface area contributed by atoms with E-state index in [1.807, 2.05) is 30.3 Å². The number of benzene rings is 2. The molecule has 0 spiro atoms. The molecule has 114 valence electrons. The number of hydrogen-bond acceptors (Lipinski definition) is 4. The van der Waals surface area contributed by atoms with Crippen LogP contribution < -0.4 is 4.74 Å². The van der Waals surface area contributed by atoms with E-state index in [1.54, 1.807) is 18.2 Å². The Morgan fingerprint density at radius 3 is 2.65 bits per heavy atom. The molecule has 0 bridgehead atoms. The molecule has 0 aliphatic carbocycles. The molecule has 0 aliphatic heterocycles. The van der Waals surface area contributed by atoms with E-state index < -0.39 is 5.97 Å². The number of carbonyl (C=O) groups excluding carboxylic acids is 1. The van der Waals surface area contributed by atoms with Crippen LogP contribution in [-0.4, -0.2) is 15.9 Å². The number of hydrogen-bond donors (Lipinski definition) is 0. The Balaban J connectivity index is 1.86. The average molecular weight is 325 g/mol. The van der Waals surface area contributed by atoms with Gasteiger partial charge in [-0.1, -0.05) is 41.9 Å². The molecule has 0 unspecified atom stereocenters. The fraction of sp³-hybridized carbons (Fsp3) is 0.0556. The van der Waals surface area contributed by atoms with Gasteiger partial charge in [0.2, 0.25) is 0 Å². The number of aromatic nitrogens is 2. The Kier molecular flexibility index (Phi) is 4.64. The second-order valence-corrected chi connectivity index (χ2v) is 5.33. The Bertz CT molecular complexity index is 808. The zero-order valence-electron chi connectivity index (χ0n) is 12.1. The van der Waals surface area contributed by atoms with Crippen LogP contribution in [0.4, 0.5) is 0 Å². The van der Waals surface area contributed by atoms with Gasteiger partial charge in [-0.3, -0.25) is 4.98 Å². The number of rotatable bonds is 4. The van der Waals surface area contributed by atoms with E-state index in [-0.39, 0.29) is 5.69 Å². The number of halogens is 1. The van der Waals surface area contributed by atoms with Gasteiger partial charge in [-0.15, -0.1) is 0 Å². The van der Waals surface area contributed by atoms with E-state index in [0.717, 1.165) is 11.1 Å². The van der Waals surface area contributed by atoms with Crippen LogP contribution in [0.5, 0.6) is 5.75 Å². The van der Waals surface area contributed by atoms with Gasteiger partial charge in [0, 0.05) is 29.4 Å². The summed E-state index contributed by atoms with van der Waals surface area (Å²) in [6, 6.07) is 15.1. The second-order valence-electron chi connectivity index (χ2n) is 4.89. The SMILES string of the molecule is O=C(Oc1ccc(Cl)cc1Cc1ccccc1)c1cnccn1. The van der Waals surface area contributed by atoms with Gasteiger partial charge in [0.15, 0.2) is 5.69 Å². The summed E-state index contributed by atoms with van der Waals surface area (Å²) in [7, 11) is 0. The molecular weight excluding hydrogens is 312 g/mol. The number of ether oxygens (including phenoxy) is 1. The third-order valence-corrected chi connectivity index (χ3v) is 3.47. The molecule has 0 N–H and O–H groups in total. The summed E-state index contributed by atoms with van der Waals surface area (Å²) in [5, 5.41) is 0.593. The maximum atomic E-state index is 12.1. The quantitative estimate of drug-likeness (QED) is 0.539. The minimum absolute atomic E-state index is 0.160. The van der Waals surface area contributed by atoms with Gasteiger partial charge >= 0.3 is 5.97 Å². The minimum Gasteiger partial charge on any atom is -0.421 e. The number of nitrogens with zero attached hydrogens (tertiary/aromatic N) is 2. The van der Waals surface area contributed by atoms with E-state index in [1.165, 1.54) is 18.6 Å². The molecule has 0 amide bonds. The predicted octanol–water partition coefficient (Wildman–Crippen LogP) is 3.94. The Hall–Kier alpha value is -2.72. The van der Waals surface area contributed by atoms with E-state index in [2.05, 4.69) is 9.97 Å². The van der Waals surface area contributed by atoms with E-state index in [9.17, 15) is 4.79 Å². The lowest BCUT2D eigenvalue weighted by Crippen LogP contribution is -2.12. The first kappa shape index (κ1) is 15.2. The standard InChI is InChI=1S/C18H13ClN2O2/c19-15-6-7-17(23-18(22)16-12-20-8-9-21-16)14(11-15)10-13-4-2-1-3-5-13/h1-9,11-12H,10H2. The van der Waals surface area contributed by atoms with Crippen molar-refractivity contribution in [2.24, 2.45) is 0 Å². The normalized spacial score (nSPS) is 10.3. The largest absolute Gasteiger partial charge is 0.421 e. The van der Waals surface area contributed by atoms with Crippen LogP contribution in [0.2, 0.25) is 5.02 Å². The van der Waals surface area contributed by atoms with Crippen molar-refractivity contribution < 1.29 is 9.53 Å². The predicted molar refractivity (Wildman–Crippen MR) is 87.7 cm³/mol. The van der Waals surface area contributed by atoms with Crippen molar-refractivity contribution >= 4 is 17.6 Å². The topological polar surface area (TPSA) is 52.1 Å². The zero-order chi connectivity index (χ0) is 16.1. The van der Waals surface area contributed by atoms with Crippen molar-refractivity contribution in [2.75, 3.05) is 0 Å². The fourth-order valence-electron chi connectivity index (χ4n) is 2.16. The molecule has 4 nitrogen and oxygen atoms in total. The van der Waals surface area contributed by atoms with Crippen LogP contribution in [0.1, 0.15) is 21.6 Å². The van der Waals surface area contributed by atoms with Crippen molar-refractivity contribution in [3.63, 3.8) is 0 Å². The number of carbonyl (C=O) groups is 1. The molecule has 0 radical (unpaired) electrons. The highest BCUT2D eigenvalue weighted by Crippen LogP contribution is 2.26. The molecule has 0 atom stereocenters. The fourth-order valence-corrected chi connectivity index (χ4v) is 2.35. The molecule has 3 rings (SSSR count). The summed E-state index contributed by atoms with van der Waals surface area (Å²) in [6.45, 7) is 0. The zero-order valence-corrected chi connectivity index (χ0v) is 12.9. The van der Waals surface area contributed by atoms with Crippen molar-refractivity contribution in [3.05, 3.63) is 89.0 Å². The van der Waals surface area contributed by atoms with Crippen molar-refractivity contribution in [1.82, 2.24) is 9.97 Å². The van der Waals surface area contributed by atoms with Crippen molar-refractivity contribution in [2.45, 2.75) is 6.42 Å². The van der Waals surface area contributed by atoms with Crippen molar-refractivity contribution in [3.8, 4) is 5.75 Å². The molecule has 0 saturated carbocycles. The summed E-state index contributed by atoms with van der Waals surface area (Å²) >= 11 is 6.07. The molecule has 1 aromatic heterocycles. The molecule has 0 saturated heterocycles. The first-order valence-corrected chi connectivity index (χ1v) is 7.41. The Morgan fingerprint density at radius 2 is 1.91 bits per heavy atom. The van der Waals surface area contributed by atoms with Crippen LogP contribution in [-0.2, 0) is 6.42 Å². The van der Waals surface area contributed by atoms with Gasteiger partial charge in [0.1, 0.15) is 5.75 Å². The van der Waals surface area contributed by atoms with E-state index in [0.29, 0.717) is 17.2 Å². The maximum absolute atomic E-state index is 12.1. The molecule has 3 aromatic rings. The van der Waals surface area contributed by atoms with Crippen molar-refractivity contribution in [1.29, 1.82) is 0 Å². The summed E-state index contributed by atoms with van der Waals surface area (Å²) in [6.07, 6.45) is 4.93. The molecule has 2 aromatic carbocycles. The van der Waals surface area contributed by atoms with Gasteiger partial charge < -0.3 is 4.74 Å². The first-order chi connectivity index (χ1) is 11.2. The van der Waals surface area contributed by atoms with E-state index >= 15 is 0 Å². The van der Waals surface area contributed by atoms with Gasteiger partial charge in [0.05, 0.1) is 6.20 Å². The lowest BCUT2D eigenvalue weighted by molar-refractivity contribution is 0.0726.